The van der Waals surface area contributed by atoms with E-state index in [9.17, 15) is 4.79 Å². The zero-order valence-corrected chi connectivity index (χ0v) is 12.2. The van der Waals surface area contributed by atoms with E-state index in [1.807, 2.05) is 4.90 Å². The minimum absolute atomic E-state index is 0.0199. The van der Waals surface area contributed by atoms with Crippen LogP contribution in [0.3, 0.4) is 0 Å². The van der Waals surface area contributed by atoms with Crippen LogP contribution in [0.25, 0.3) is 0 Å². The number of amides is 1. The Labute approximate surface area is 123 Å². The summed E-state index contributed by atoms with van der Waals surface area (Å²) in [7, 11) is 0. The molecule has 1 aliphatic heterocycles. The van der Waals surface area contributed by atoms with Crippen LogP contribution in [0.1, 0.15) is 48.5 Å². The summed E-state index contributed by atoms with van der Waals surface area (Å²) in [5, 5.41) is 8.30. The van der Waals surface area contributed by atoms with Gasteiger partial charge in [-0.1, -0.05) is 6.92 Å². The van der Waals surface area contributed by atoms with E-state index in [0.29, 0.717) is 11.7 Å². The summed E-state index contributed by atoms with van der Waals surface area (Å²) in [6, 6.07) is 3.46. The number of furan rings is 1. The van der Waals surface area contributed by atoms with Gasteiger partial charge < -0.3 is 13.9 Å². The molecule has 1 saturated heterocycles. The molecule has 6 nitrogen and oxygen atoms in total. The van der Waals surface area contributed by atoms with Crippen molar-refractivity contribution in [1.29, 1.82) is 0 Å². The normalized spacial score (nSPS) is 16.3. The number of carbonyl (C=O) groups is 1. The Kier molecular flexibility index (Phi) is 4.03. The number of likely N-dealkylation sites (tertiary alicyclic amines) is 1. The van der Waals surface area contributed by atoms with E-state index >= 15 is 0 Å². The molecule has 21 heavy (non-hydrogen) atoms. The van der Waals surface area contributed by atoms with Crippen molar-refractivity contribution in [2.75, 3.05) is 13.1 Å². The second kappa shape index (κ2) is 6.11. The van der Waals surface area contributed by atoms with Crippen molar-refractivity contribution in [2.24, 2.45) is 0 Å². The number of aromatic nitrogens is 3. The van der Waals surface area contributed by atoms with Gasteiger partial charge in [-0.3, -0.25) is 4.79 Å². The highest BCUT2D eigenvalue weighted by molar-refractivity contribution is 5.91. The van der Waals surface area contributed by atoms with Gasteiger partial charge in [-0.25, -0.2) is 0 Å². The first-order valence-electron chi connectivity index (χ1n) is 7.50. The Balaban J connectivity index is 1.62. The highest BCUT2D eigenvalue weighted by atomic mass is 16.3. The molecule has 0 bridgehead atoms. The van der Waals surface area contributed by atoms with Gasteiger partial charge in [0, 0.05) is 25.6 Å². The van der Waals surface area contributed by atoms with Crippen LogP contribution in [0.4, 0.5) is 0 Å². The van der Waals surface area contributed by atoms with Crippen molar-refractivity contribution in [1.82, 2.24) is 19.7 Å². The van der Waals surface area contributed by atoms with E-state index < -0.39 is 0 Å². The van der Waals surface area contributed by atoms with E-state index in [1.54, 1.807) is 18.5 Å². The van der Waals surface area contributed by atoms with Crippen molar-refractivity contribution in [3.8, 4) is 0 Å². The lowest BCUT2D eigenvalue weighted by atomic mass is 9.95. The van der Waals surface area contributed by atoms with Gasteiger partial charge in [0.1, 0.15) is 12.2 Å². The Bertz CT molecular complexity index is 583. The zero-order chi connectivity index (χ0) is 14.7. The fourth-order valence-electron chi connectivity index (χ4n) is 2.89. The molecular weight excluding hydrogens is 268 g/mol. The Hall–Kier alpha value is -2.11. The molecule has 0 unspecified atom stereocenters. The van der Waals surface area contributed by atoms with Crippen LogP contribution in [0.2, 0.25) is 0 Å². The van der Waals surface area contributed by atoms with Crippen molar-refractivity contribution in [2.45, 2.75) is 38.6 Å². The third kappa shape index (κ3) is 2.84. The SMILES string of the molecule is CCCn1cnnc1C1CCN(C(=O)c2ccco2)CC1. The molecule has 1 amide bonds. The molecule has 0 aliphatic carbocycles. The monoisotopic (exact) mass is 288 g/mol. The average Bonchev–Trinajstić information content (AvgIpc) is 3.19. The summed E-state index contributed by atoms with van der Waals surface area (Å²) < 4.78 is 7.31. The summed E-state index contributed by atoms with van der Waals surface area (Å²) in [5.74, 6) is 1.85. The number of hydrogen-bond donors (Lipinski definition) is 0. The first-order valence-corrected chi connectivity index (χ1v) is 7.50. The van der Waals surface area contributed by atoms with Crippen LogP contribution in [0.15, 0.2) is 29.1 Å². The van der Waals surface area contributed by atoms with Gasteiger partial charge >= 0.3 is 0 Å². The lowest BCUT2D eigenvalue weighted by Crippen LogP contribution is -2.38. The minimum atomic E-state index is -0.0199. The fourth-order valence-corrected chi connectivity index (χ4v) is 2.89. The largest absolute Gasteiger partial charge is 0.459 e. The molecule has 1 aliphatic rings. The van der Waals surface area contributed by atoms with Gasteiger partial charge in [-0.15, -0.1) is 10.2 Å². The van der Waals surface area contributed by atoms with Crippen LogP contribution in [0, 0.1) is 0 Å². The molecule has 0 saturated carbocycles. The molecule has 1 fully saturated rings. The van der Waals surface area contributed by atoms with Crippen LogP contribution in [-0.2, 0) is 6.54 Å². The van der Waals surface area contributed by atoms with E-state index in [-0.39, 0.29) is 5.91 Å². The number of rotatable bonds is 4. The van der Waals surface area contributed by atoms with Gasteiger partial charge in [-0.05, 0) is 31.4 Å². The Morgan fingerprint density at radius 2 is 2.24 bits per heavy atom. The number of piperidine rings is 1. The molecular formula is C15H20N4O2. The maximum Gasteiger partial charge on any atom is 0.289 e. The van der Waals surface area contributed by atoms with Gasteiger partial charge in [0.05, 0.1) is 6.26 Å². The molecule has 0 aromatic carbocycles. The Morgan fingerprint density at radius 1 is 1.43 bits per heavy atom. The molecule has 3 rings (SSSR count). The zero-order valence-electron chi connectivity index (χ0n) is 12.2. The predicted octanol–water partition coefficient (Wildman–Crippen LogP) is 2.30. The van der Waals surface area contributed by atoms with E-state index in [4.69, 9.17) is 4.42 Å². The van der Waals surface area contributed by atoms with E-state index in [2.05, 4.69) is 21.7 Å². The third-order valence-corrected chi connectivity index (χ3v) is 3.99. The second-order valence-electron chi connectivity index (χ2n) is 5.43. The first kappa shape index (κ1) is 13.9. The predicted molar refractivity (Wildman–Crippen MR) is 76.9 cm³/mol. The highest BCUT2D eigenvalue weighted by Crippen LogP contribution is 2.27. The topological polar surface area (TPSA) is 64.2 Å². The fraction of sp³-hybridized carbons (Fsp3) is 0.533. The van der Waals surface area contributed by atoms with Crippen molar-refractivity contribution in [3.05, 3.63) is 36.3 Å². The lowest BCUT2D eigenvalue weighted by Gasteiger charge is -2.31. The summed E-state index contributed by atoms with van der Waals surface area (Å²) in [5.41, 5.74) is 0. The van der Waals surface area contributed by atoms with E-state index in [0.717, 1.165) is 44.7 Å². The number of aryl methyl sites for hydroxylation is 1. The van der Waals surface area contributed by atoms with Crippen molar-refractivity contribution >= 4 is 5.91 Å². The van der Waals surface area contributed by atoms with Gasteiger partial charge in [0.2, 0.25) is 0 Å². The molecule has 112 valence electrons. The Morgan fingerprint density at radius 3 is 2.90 bits per heavy atom. The van der Waals surface area contributed by atoms with Crippen LogP contribution >= 0.6 is 0 Å². The number of nitrogens with zero attached hydrogens (tertiary/aromatic N) is 4. The first-order chi connectivity index (χ1) is 10.3. The van der Waals surface area contributed by atoms with Crippen LogP contribution in [-0.4, -0.2) is 38.7 Å². The third-order valence-electron chi connectivity index (χ3n) is 3.99. The quantitative estimate of drug-likeness (QED) is 0.866. The molecule has 2 aromatic heterocycles. The average molecular weight is 288 g/mol. The summed E-state index contributed by atoms with van der Waals surface area (Å²) >= 11 is 0. The highest BCUT2D eigenvalue weighted by Gasteiger charge is 2.28. The molecule has 6 heteroatoms. The van der Waals surface area contributed by atoms with Crippen LogP contribution < -0.4 is 0 Å². The lowest BCUT2D eigenvalue weighted by molar-refractivity contribution is 0.0678. The summed E-state index contributed by atoms with van der Waals surface area (Å²) in [6.07, 6.45) is 6.26. The molecule has 0 radical (unpaired) electrons. The maximum atomic E-state index is 12.2. The molecule has 3 heterocycles. The van der Waals surface area contributed by atoms with Gasteiger partial charge in [-0.2, -0.15) is 0 Å². The van der Waals surface area contributed by atoms with Gasteiger partial charge in [0.25, 0.3) is 5.91 Å². The standard InChI is InChI=1S/C15H20N4O2/c1-2-7-19-11-16-17-14(19)12-5-8-18(9-6-12)15(20)13-4-3-10-21-13/h3-4,10-12H,2,5-9H2,1H3. The second-order valence-corrected chi connectivity index (χ2v) is 5.43. The van der Waals surface area contributed by atoms with Crippen molar-refractivity contribution < 1.29 is 9.21 Å². The number of carbonyl (C=O) groups excluding carboxylic acids is 1. The maximum absolute atomic E-state index is 12.2. The molecule has 0 N–H and O–H groups in total. The summed E-state index contributed by atoms with van der Waals surface area (Å²) in [4.78, 5) is 14.1. The molecule has 0 atom stereocenters. The molecule has 2 aromatic rings. The molecule has 0 spiro atoms. The smallest absolute Gasteiger partial charge is 0.289 e. The van der Waals surface area contributed by atoms with E-state index in [1.165, 1.54) is 6.26 Å². The number of hydrogen-bond acceptors (Lipinski definition) is 4. The minimum Gasteiger partial charge on any atom is -0.459 e. The summed E-state index contributed by atoms with van der Waals surface area (Å²) in [6.45, 7) is 4.58. The van der Waals surface area contributed by atoms with Crippen LogP contribution in [0.5, 0.6) is 0 Å². The van der Waals surface area contributed by atoms with Crippen molar-refractivity contribution in [3.63, 3.8) is 0 Å². The van der Waals surface area contributed by atoms with Gasteiger partial charge in [0.15, 0.2) is 5.76 Å².